The molecular formula is C8H16N2. The summed E-state index contributed by atoms with van der Waals surface area (Å²) in [6, 6.07) is 0. The third kappa shape index (κ3) is 0.663. The smallest absolute Gasteiger partial charge is 0.0324 e. The van der Waals surface area contributed by atoms with Crippen molar-refractivity contribution in [2.75, 3.05) is 20.1 Å². The second-order valence-corrected chi connectivity index (χ2v) is 4.37. The molecular weight excluding hydrogens is 124 g/mol. The van der Waals surface area contributed by atoms with Gasteiger partial charge in [0.1, 0.15) is 0 Å². The van der Waals surface area contributed by atoms with Crippen molar-refractivity contribution in [2.24, 2.45) is 11.1 Å². The van der Waals surface area contributed by atoms with Gasteiger partial charge in [0.25, 0.3) is 0 Å². The predicted molar refractivity (Wildman–Crippen MR) is 41.8 cm³/mol. The second kappa shape index (κ2) is 1.56. The van der Waals surface area contributed by atoms with Crippen molar-refractivity contribution >= 4 is 0 Å². The summed E-state index contributed by atoms with van der Waals surface area (Å²) in [6.07, 6.45) is 2.70. The third-order valence-corrected chi connectivity index (χ3v) is 3.24. The van der Waals surface area contributed by atoms with E-state index in [0.29, 0.717) is 5.41 Å². The van der Waals surface area contributed by atoms with Crippen LogP contribution >= 0.6 is 0 Å². The van der Waals surface area contributed by atoms with Gasteiger partial charge in [0.2, 0.25) is 0 Å². The lowest BCUT2D eigenvalue weighted by molar-refractivity contribution is 0.354. The van der Waals surface area contributed by atoms with Crippen LogP contribution in [0.15, 0.2) is 0 Å². The fourth-order valence-corrected chi connectivity index (χ4v) is 2.36. The summed E-state index contributed by atoms with van der Waals surface area (Å²) in [4.78, 5) is 2.35. The maximum atomic E-state index is 6.17. The van der Waals surface area contributed by atoms with Crippen molar-refractivity contribution in [3.05, 3.63) is 0 Å². The average Bonchev–Trinajstić information content (AvgIpc) is 2.40. The fraction of sp³-hybridized carbons (Fsp3) is 1.00. The van der Waals surface area contributed by atoms with Crippen LogP contribution < -0.4 is 5.73 Å². The highest BCUT2D eigenvalue weighted by atomic mass is 15.2. The van der Waals surface area contributed by atoms with Gasteiger partial charge in [-0.25, -0.2) is 0 Å². The van der Waals surface area contributed by atoms with Gasteiger partial charge in [-0.15, -0.1) is 0 Å². The van der Waals surface area contributed by atoms with Crippen molar-refractivity contribution < 1.29 is 0 Å². The average molecular weight is 140 g/mol. The van der Waals surface area contributed by atoms with E-state index in [1.807, 2.05) is 0 Å². The first-order valence-electron chi connectivity index (χ1n) is 4.03. The van der Waals surface area contributed by atoms with Crippen LogP contribution in [-0.2, 0) is 0 Å². The largest absolute Gasteiger partial charge is 0.324 e. The number of nitrogens with two attached hydrogens (primary N) is 1. The van der Waals surface area contributed by atoms with E-state index in [4.69, 9.17) is 5.73 Å². The minimum atomic E-state index is 0.0990. The quantitative estimate of drug-likeness (QED) is 0.528. The van der Waals surface area contributed by atoms with E-state index >= 15 is 0 Å². The molecule has 0 aromatic heterocycles. The summed E-state index contributed by atoms with van der Waals surface area (Å²) < 4.78 is 0. The number of hydrogen-bond acceptors (Lipinski definition) is 2. The molecule has 0 aromatic carbocycles. The molecule has 2 aliphatic rings. The van der Waals surface area contributed by atoms with E-state index in [0.717, 1.165) is 6.54 Å². The van der Waals surface area contributed by atoms with Crippen LogP contribution in [0.25, 0.3) is 0 Å². The topological polar surface area (TPSA) is 29.3 Å². The molecule has 0 aromatic rings. The van der Waals surface area contributed by atoms with E-state index < -0.39 is 0 Å². The second-order valence-electron chi connectivity index (χ2n) is 4.37. The molecule has 1 spiro atoms. The van der Waals surface area contributed by atoms with Crippen molar-refractivity contribution in [1.29, 1.82) is 0 Å². The normalized spacial score (nSPS) is 44.7. The number of hydrogen-bond donors (Lipinski definition) is 1. The first-order chi connectivity index (χ1) is 4.56. The van der Waals surface area contributed by atoms with Gasteiger partial charge < -0.3 is 10.6 Å². The zero-order chi connectivity index (χ0) is 7.41. The Hall–Kier alpha value is -0.0800. The van der Waals surface area contributed by atoms with Crippen LogP contribution in [0.2, 0.25) is 0 Å². The summed E-state index contributed by atoms with van der Waals surface area (Å²) >= 11 is 0. The van der Waals surface area contributed by atoms with Crippen molar-refractivity contribution in [3.8, 4) is 0 Å². The van der Waals surface area contributed by atoms with Crippen molar-refractivity contribution in [3.63, 3.8) is 0 Å². The highest BCUT2D eigenvalue weighted by Gasteiger charge is 2.59. The Morgan fingerprint density at radius 3 is 2.10 bits per heavy atom. The molecule has 2 nitrogen and oxygen atoms in total. The monoisotopic (exact) mass is 140 g/mol. The van der Waals surface area contributed by atoms with Gasteiger partial charge in [0.15, 0.2) is 0 Å². The molecule has 0 radical (unpaired) electrons. The van der Waals surface area contributed by atoms with E-state index in [1.165, 1.54) is 19.4 Å². The molecule has 2 heteroatoms. The van der Waals surface area contributed by atoms with Crippen LogP contribution in [0.3, 0.4) is 0 Å². The minimum Gasteiger partial charge on any atom is -0.324 e. The molecule has 58 valence electrons. The standard InChI is InChI=1S/C8H16N2/c1-7(9)5-10(2)6-8(7)3-4-8/h3-6,9H2,1-2H3/t7-/m0/s1. The molecule has 1 heterocycles. The zero-order valence-corrected chi connectivity index (χ0v) is 6.85. The molecule has 2 fully saturated rings. The summed E-state index contributed by atoms with van der Waals surface area (Å²) in [5.41, 5.74) is 6.78. The highest BCUT2D eigenvalue weighted by molar-refractivity contribution is 5.15. The Bertz CT molecular complexity index is 153. The van der Waals surface area contributed by atoms with Gasteiger partial charge in [-0.2, -0.15) is 0 Å². The Labute approximate surface area is 62.4 Å². The third-order valence-electron chi connectivity index (χ3n) is 3.24. The summed E-state index contributed by atoms with van der Waals surface area (Å²) in [6.45, 7) is 4.50. The van der Waals surface area contributed by atoms with Crippen molar-refractivity contribution in [2.45, 2.75) is 25.3 Å². The Kier molecular flexibility index (Phi) is 1.03. The van der Waals surface area contributed by atoms with Gasteiger partial charge in [-0.05, 0) is 26.8 Å². The number of rotatable bonds is 0. The summed E-state index contributed by atoms with van der Waals surface area (Å²) in [5, 5.41) is 0. The molecule has 1 aliphatic carbocycles. The fourth-order valence-electron chi connectivity index (χ4n) is 2.36. The molecule has 1 saturated carbocycles. The van der Waals surface area contributed by atoms with Crippen LogP contribution in [0.5, 0.6) is 0 Å². The van der Waals surface area contributed by atoms with E-state index in [2.05, 4.69) is 18.9 Å². The lowest BCUT2D eigenvalue weighted by atomic mass is 9.87. The molecule has 10 heavy (non-hydrogen) atoms. The zero-order valence-electron chi connectivity index (χ0n) is 6.85. The van der Waals surface area contributed by atoms with Gasteiger partial charge in [-0.1, -0.05) is 0 Å². The lowest BCUT2D eigenvalue weighted by Crippen LogP contribution is -2.45. The molecule has 0 bridgehead atoms. The predicted octanol–water partition coefficient (Wildman–Crippen LogP) is 0.429. The molecule has 0 unspecified atom stereocenters. The molecule has 1 aliphatic heterocycles. The van der Waals surface area contributed by atoms with Crippen LogP contribution in [0, 0.1) is 5.41 Å². The maximum absolute atomic E-state index is 6.17. The molecule has 0 amide bonds. The van der Waals surface area contributed by atoms with Crippen LogP contribution in [0.4, 0.5) is 0 Å². The van der Waals surface area contributed by atoms with Crippen molar-refractivity contribution in [1.82, 2.24) is 4.90 Å². The lowest BCUT2D eigenvalue weighted by Gasteiger charge is -2.24. The number of nitrogens with zero attached hydrogens (tertiary/aromatic N) is 1. The molecule has 1 saturated heterocycles. The van der Waals surface area contributed by atoms with E-state index in [9.17, 15) is 0 Å². The summed E-state index contributed by atoms with van der Waals surface area (Å²) in [5.74, 6) is 0. The number of likely N-dealkylation sites (N-methyl/N-ethyl adjacent to an activating group) is 1. The molecule has 2 rings (SSSR count). The van der Waals surface area contributed by atoms with Gasteiger partial charge >= 0.3 is 0 Å². The Morgan fingerprint density at radius 2 is 1.90 bits per heavy atom. The first kappa shape index (κ1) is 6.62. The molecule has 2 N–H and O–H groups in total. The van der Waals surface area contributed by atoms with Gasteiger partial charge in [0.05, 0.1) is 0 Å². The van der Waals surface area contributed by atoms with E-state index in [-0.39, 0.29) is 5.54 Å². The Morgan fingerprint density at radius 1 is 1.30 bits per heavy atom. The highest BCUT2D eigenvalue weighted by Crippen LogP contribution is 2.56. The summed E-state index contributed by atoms with van der Waals surface area (Å²) in [7, 11) is 2.16. The first-order valence-corrected chi connectivity index (χ1v) is 4.03. The SMILES string of the molecule is CN1CC2(CC2)[C@@](C)(N)C1. The van der Waals surface area contributed by atoms with Crippen LogP contribution in [-0.4, -0.2) is 30.6 Å². The molecule has 1 atom stereocenters. The van der Waals surface area contributed by atoms with E-state index in [1.54, 1.807) is 0 Å². The maximum Gasteiger partial charge on any atom is 0.0324 e. The Balaban J connectivity index is 2.21. The number of likely N-dealkylation sites (tertiary alicyclic amines) is 1. The minimum absolute atomic E-state index is 0.0990. The van der Waals surface area contributed by atoms with Gasteiger partial charge in [-0.3, -0.25) is 0 Å². The van der Waals surface area contributed by atoms with Gasteiger partial charge in [0, 0.05) is 24.0 Å². The van der Waals surface area contributed by atoms with Crippen LogP contribution in [0.1, 0.15) is 19.8 Å².